The van der Waals surface area contributed by atoms with E-state index in [2.05, 4.69) is 5.32 Å². The van der Waals surface area contributed by atoms with Crippen molar-refractivity contribution >= 4 is 28.5 Å². The summed E-state index contributed by atoms with van der Waals surface area (Å²) in [5.74, 6) is -0.196. The summed E-state index contributed by atoms with van der Waals surface area (Å²) in [5, 5.41) is 21.1. The average Bonchev–Trinajstić information content (AvgIpc) is 2.29. The van der Waals surface area contributed by atoms with E-state index in [1.165, 1.54) is 6.07 Å². The monoisotopic (exact) mass is 335 g/mol. The summed E-state index contributed by atoms with van der Waals surface area (Å²) in [4.78, 5) is 11.7. The zero-order valence-electron chi connectivity index (χ0n) is 8.90. The molecule has 0 aliphatic carbocycles. The van der Waals surface area contributed by atoms with Crippen molar-refractivity contribution in [1.82, 2.24) is 5.32 Å². The second kappa shape index (κ2) is 6.05. The number of rotatable bonds is 4. The molecule has 4 nitrogen and oxygen atoms in total. The van der Waals surface area contributed by atoms with E-state index >= 15 is 0 Å². The van der Waals surface area contributed by atoms with Gasteiger partial charge in [-0.3, -0.25) is 4.79 Å². The Morgan fingerprint density at radius 1 is 1.56 bits per heavy atom. The molecule has 0 spiro atoms. The maximum Gasteiger partial charge on any atom is 0.251 e. The lowest BCUT2D eigenvalue weighted by Crippen LogP contribution is -2.36. The number of benzene rings is 1. The fourth-order valence-electron chi connectivity index (χ4n) is 1.20. The highest BCUT2D eigenvalue weighted by atomic mass is 127. The fourth-order valence-corrected chi connectivity index (χ4v) is 1.53. The Hall–Kier alpha value is -0.820. The third kappa shape index (κ3) is 3.34. The van der Waals surface area contributed by atoms with Gasteiger partial charge in [0.1, 0.15) is 5.75 Å². The summed E-state index contributed by atoms with van der Waals surface area (Å²) < 4.78 is 0.698. The van der Waals surface area contributed by atoms with E-state index in [0.717, 1.165) is 0 Å². The molecule has 0 bridgehead atoms. The van der Waals surface area contributed by atoms with Crippen LogP contribution in [0.3, 0.4) is 0 Å². The Kier molecular flexibility index (Phi) is 5.01. The van der Waals surface area contributed by atoms with E-state index in [-0.39, 0.29) is 24.3 Å². The number of halogens is 1. The number of amides is 1. The van der Waals surface area contributed by atoms with Crippen LogP contribution in [0.1, 0.15) is 23.7 Å². The van der Waals surface area contributed by atoms with E-state index < -0.39 is 0 Å². The van der Waals surface area contributed by atoms with Gasteiger partial charge in [0.2, 0.25) is 0 Å². The van der Waals surface area contributed by atoms with Crippen molar-refractivity contribution < 1.29 is 15.0 Å². The van der Waals surface area contributed by atoms with Crippen LogP contribution >= 0.6 is 22.6 Å². The molecule has 1 aromatic rings. The number of hydrogen-bond donors (Lipinski definition) is 3. The summed E-state index contributed by atoms with van der Waals surface area (Å²) in [7, 11) is 0. The standard InChI is InChI=1S/C11H14INO3/c1-2-8(6-14)13-11(16)7-3-4-9(12)10(15)5-7/h3-5,8,14-15H,2,6H2,1H3,(H,13,16). The number of aliphatic hydroxyl groups is 1. The highest BCUT2D eigenvalue weighted by Gasteiger charge is 2.12. The Balaban J connectivity index is 2.76. The van der Waals surface area contributed by atoms with E-state index in [4.69, 9.17) is 5.11 Å². The van der Waals surface area contributed by atoms with Crippen molar-refractivity contribution in [3.63, 3.8) is 0 Å². The largest absolute Gasteiger partial charge is 0.507 e. The van der Waals surface area contributed by atoms with Crippen molar-refractivity contribution in [2.24, 2.45) is 0 Å². The number of phenolic OH excluding ortho intramolecular Hbond substituents is 1. The molecule has 1 amide bonds. The zero-order valence-corrected chi connectivity index (χ0v) is 11.1. The van der Waals surface area contributed by atoms with Crippen LogP contribution in [-0.4, -0.2) is 28.8 Å². The van der Waals surface area contributed by atoms with Crippen molar-refractivity contribution in [2.45, 2.75) is 19.4 Å². The molecule has 5 heteroatoms. The predicted octanol–water partition coefficient (Wildman–Crippen LogP) is 1.50. The van der Waals surface area contributed by atoms with Crippen LogP contribution in [0, 0.1) is 3.57 Å². The molecule has 0 heterocycles. The summed E-state index contributed by atoms with van der Waals surface area (Å²) in [6.07, 6.45) is 0.665. The third-order valence-electron chi connectivity index (χ3n) is 2.26. The summed E-state index contributed by atoms with van der Waals surface area (Å²) >= 11 is 1.98. The number of aromatic hydroxyl groups is 1. The van der Waals surface area contributed by atoms with Gasteiger partial charge in [-0.1, -0.05) is 6.92 Å². The molecule has 88 valence electrons. The van der Waals surface area contributed by atoms with Crippen LogP contribution in [0.5, 0.6) is 5.75 Å². The van der Waals surface area contributed by atoms with Gasteiger partial charge in [-0.15, -0.1) is 0 Å². The van der Waals surface area contributed by atoms with Gasteiger partial charge >= 0.3 is 0 Å². The van der Waals surface area contributed by atoms with E-state index in [1.54, 1.807) is 12.1 Å². The fraction of sp³-hybridized carbons (Fsp3) is 0.364. The first-order valence-corrected chi connectivity index (χ1v) is 6.06. The lowest BCUT2D eigenvalue weighted by Gasteiger charge is -2.14. The second-order valence-electron chi connectivity index (χ2n) is 3.43. The van der Waals surface area contributed by atoms with Gasteiger partial charge in [0, 0.05) is 5.56 Å². The minimum absolute atomic E-state index is 0.0847. The van der Waals surface area contributed by atoms with Gasteiger partial charge < -0.3 is 15.5 Å². The van der Waals surface area contributed by atoms with Crippen LogP contribution in [-0.2, 0) is 0 Å². The SMILES string of the molecule is CCC(CO)NC(=O)c1ccc(I)c(O)c1. The Labute approximate surface area is 108 Å². The number of hydrogen-bond acceptors (Lipinski definition) is 3. The molecule has 0 aliphatic rings. The van der Waals surface area contributed by atoms with Crippen molar-refractivity contribution in [3.8, 4) is 5.75 Å². The molecule has 1 atom stereocenters. The van der Waals surface area contributed by atoms with E-state index in [0.29, 0.717) is 15.6 Å². The average molecular weight is 335 g/mol. The summed E-state index contributed by atoms with van der Waals surface area (Å²) in [6, 6.07) is 4.49. The number of aliphatic hydroxyl groups excluding tert-OH is 1. The van der Waals surface area contributed by atoms with E-state index in [1.807, 2.05) is 29.5 Å². The van der Waals surface area contributed by atoms with Gasteiger partial charge in [0.25, 0.3) is 5.91 Å². The molecular formula is C11H14INO3. The van der Waals surface area contributed by atoms with Gasteiger partial charge in [-0.05, 0) is 47.2 Å². The molecule has 0 aromatic heterocycles. The van der Waals surface area contributed by atoms with Gasteiger partial charge in [-0.2, -0.15) is 0 Å². The predicted molar refractivity (Wildman–Crippen MR) is 69.5 cm³/mol. The van der Waals surface area contributed by atoms with Crippen molar-refractivity contribution in [3.05, 3.63) is 27.3 Å². The van der Waals surface area contributed by atoms with Crippen LogP contribution < -0.4 is 5.32 Å². The zero-order chi connectivity index (χ0) is 12.1. The minimum Gasteiger partial charge on any atom is -0.507 e. The number of phenols is 1. The van der Waals surface area contributed by atoms with E-state index in [9.17, 15) is 9.90 Å². The molecule has 1 rings (SSSR count). The summed E-state index contributed by atoms with van der Waals surface area (Å²) in [5.41, 5.74) is 0.393. The Morgan fingerprint density at radius 3 is 2.75 bits per heavy atom. The topological polar surface area (TPSA) is 69.6 Å². The third-order valence-corrected chi connectivity index (χ3v) is 3.17. The van der Waals surface area contributed by atoms with Crippen LogP contribution in [0.25, 0.3) is 0 Å². The lowest BCUT2D eigenvalue weighted by molar-refractivity contribution is 0.0914. The quantitative estimate of drug-likeness (QED) is 0.731. The maximum absolute atomic E-state index is 11.7. The van der Waals surface area contributed by atoms with Crippen LogP contribution in [0.2, 0.25) is 0 Å². The molecule has 0 saturated heterocycles. The second-order valence-corrected chi connectivity index (χ2v) is 4.59. The molecule has 1 unspecified atom stereocenters. The molecule has 0 radical (unpaired) electrons. The normalized spacial score (nSPS) is 12.2. The molecule has 0 aliphatic heterocycles. The number of nitrogens with one attached hydrogen (secondary N) is 1. The minimum atomic E-state index is -0.285. The number of carbonyl (C=O) groups excluding carboxylic acids is 1. The van der Waals surface area contributed by atoms with Crippen LogP contribution in [0.15, 0.2) is 18.2 Å². The first-order valence-electron chi connectivity index (χ1n) is 4.98. The van der Waals surface area contributed by atoms with Gasteiger partial charge in [0.15, 0.2) is 0 Å². The van der Waals surface area contributed by atoms with Gasteiger partial charge in [-0.25, -0.2) is 0 Å². The number of carbonyl (C=O) groups is 1. The van der Waals surface area contributed by atoms with Crippen LogP contribution in [0.4, 0.5) is 0 Å². The smallest absolute Gasteiger partial charge is 0.251 e. The van der Waals surface area contributed by atoms with Crippen molar-refractivity contribution in [2.75, 3.05) is 6.61 Å². The van der Waals surface area contributed by atoms with Crippen molar-refractivity contribution in [1.29, 1.82) is 0 Å². The highest BCUT2D eigenvalue weighted by Crippen LogP contribution is 2.20. The molecule has 3 N–H and O–H groups in total. The first kappa shape index (κ1) is 13.2. The molecule has 0 fully saturated rings. The molecule has 0 saturated carbocycles. The highest BCUT2D eigenvalue weighted by molar-refractivity contribution is 14.1. The van der Waals surface area contributed by atoms with Gasteiger partial charge in [0.05, 0.1) is 16.2 Å². The lowest BCUT2D eigenvalue weighted by atomic mass is 10.1. The molecule has 16 heavy (non-hydrogen) atoms. The first-order chi connectivity index (χ1) is 7.58. The summed E-state index contributed by atoms with van der Waals surface area (Å²) in [6.45, 7) is 1.80. The molecule has 1 aromatic carbocycles. The Bertz CT molecular complexity index is 377. The molecular weight excluding hydrogens is 321 g/mol. The Morgan fingerprint density at radius 2 is 2.25 bits per heavy atom. The maximum atomic E-state index is 11.7.